The zero-order valence-corrected chi connectivity index (χ0v) is 35.5. The molecule has 5 fully saturated rings. The molecule has 5 aliphatic rings. The molecule has 0 bridgehead atoms. The minimum absolute atomic E-state index is 0.00577. The van der Waals surface area contributed by atoms with E-state index in [2.05, 4.69) is 29.9 Å². The van der Waals surface area contributed by atoms with Crippen molar-refractivity contribution in [3.8, 4) is 0 Å². The third-order valence-electron chi connectivity index (χ3n) is 14.2. The second-order valence-corrected chi connectivity index (χ2v) is 19.0. The Morgan fingerprint density at radius 2 is 1.68 bits per heavy atom. The number of nitrogens with one attached hydrogen (secondary N) is 2. The lowest BCUT2D eigenvalue weighted by molar-refractivity contribution is -0.120. The van der Waals surface area contributed by atoms with Crippen molar-refractivity contribution in [2.24, 2.45) is 17.9 Å². The van der Waals surface area contributed by atoms with Crippen LogP contribution in [0.4, 0.5) is 35.2 Å². The van der Waals surface area contributed by atoms with E-state index in [0.29, 0.717) is 40.5 Å². The van der Waals surface area contributed by atoms with E-state index in [9.17, 15) is 23.6 Å². The zero-order chi connectivity index (χ0) is 43.2. The number of amides is 3. The van der Waals surface area contributed by atoms with Crippen molar-refractivity contribution >= 4 is 68.9 Å². The van der Waals surface area contributed by atoms with E-state index in [1.54, 1.807) is 28.7 Å². The number of anilines is 3. The molecule has 3 aliphatic heterocycles. The number of fused-ring (bicyclic) bond motifs is 2. The van der Waals surface area contributed by atoms with Crippen LogP contribution in [-0.2, 0) is 11.8 Å². The lowest BCUT2D eigenvalue weighted by Crippen LogP contribution is -2.67. The molecule has 2 aliphatic carbocycles. The normalized spacial score (nSPS) is 21.1. The van der Waals surface area contributed by atoms with Crippen molar-refractivity contribution in [2.75, 3.05) is 60.8 Å². The largest absolute Gasteiger partial charge is 0.368 e. The molecule has 3 saturated heterocycles. The minimum Gasteiger partial charge on any atom is -0.368 e. The predicted molar refractivity (Wildman–Crippen MR) is 231 cm³/mol. The number of likely N-dealkylation sites (tertiary alicyclic amines) is 1. The van der Waals surface area contributed by atoms with Gasteiger partial charge in [-0.05, 0) is 107 Å². The van der Waals surface area contributed by atoms with Crippen molar-refractivity contribution in [3.05, 3.63) is 87.7 Å². The lowest BCUT2D eigenvalue weighted by atomic mass is 9.57. The van der Waals surface area contributed by atoms with Crippen LogP contribution < -0.4 is 25.4 Å². The molecule has 62 heavy (non-hydrogen) atoms. The maximum atomic E-state index is 15.7. The third-order valence-corrected chi connectivity index (χ3v) is 15.0. The number of imide groups is 1. The first kappa shape index (κ1) is 40.6. The van der Waals surface area contributed by atoms with E-state index in [-0.39, 0.29) is 63.8 Å². The summed E-state index contributed by atoms with van der Waals surface area (Å²) < 4.78 is 54.0. The van der Waals surface area contributed by atoms with Gasteiger partial charge in [0.15, 0.2) is 17.4 Å². The molecule has 10 rings (SSSR count). The average Bonchev–Trinajstić information content (AvgIpc) is 3.52. The molecule has 2 spiro atoms. The van der Waals surface area contributed by atoms with Gasteiger partial charge in [0, 0.05) is 80.2 Å². The molecule has 5 aromatic rings. The molecule has 3 amide bonds. The number of halogens is 3. The smallest absolute Gasteiger partial charge is 0.329 e. The van der Waals surface area contributed by atoms with E-state index in [0.717, 1.165) is 82.9 Å². The number of rotatable bonds is 10. The highest BCUT2D eigenvalue weighted by molar-refractivity contribution is 7.98. The molecule has 2 N–H and O–H groups in total. The third kappa shape index (κ3) is 6.81. The summed E-state index contributed by atoms with van der Waals surface area (Å²) in [5, 5.41) is 7.58. The number of benzene rings is 3. The van der Waals surface area contributed by atoms with Gasteiger partial charge in [-0.1, -0.05) is 6.92 Å². The Labute approximate surface area is 359 Å². The average molecular weight is 869 g/mol. The maximum absolute atomic E-state index is 15.7. The van der Waals surface area contributed by atoms with Gasteiger partial charge in [0.25, 0.3) is 5.56 Å². The van der Waals surface area contributed by atoms with Gasteiger partial charge in [0.1, 0.15) is 11.6 Å². The summed E-state index contributed by atoms with van der Waals surface area (Å²) in [6.07, 6.45) is 7.67. The van der Waals surface area contributed by atoms with Gasteiger partial charge in [-0.25, -0.2) is 27.3 Å². The van der Waals surface area contributed by atoms with Gasteiger partial charge in [-0.15, -0.1) is 0 Å². The molecule has 2 aromatic heterocycles. The van der Waals surface area contributed by atoms with Crippen LogP contribution in [0, 0.1) is 28.3 Å². The minimum atomic E-state index is -0.996. The number of ketones is 1. The topological polar surface area (TPSA) is 141 Å². The van der Waals surface area contributed by atoms with Gasteiger partial charge in [-0.3, -0.25) is 33.8 Å². The summed E-state index contributed by atoms with van der Waals surface area (Å²) in [6, 6.07) is 9.87. The van der Waals surface area contributed by atoms with Crippen LogP contribution in [0.2, 0.25) is 0 Å². The summed E-state index contributed by atoms with van der Waals surface area (Å²) in [7, 11) is 3.58. The molecule has 3 aromatic carbocycles. The number of aryl methyl sites for hydroxylation is 1. The van der Waals surface area contributed by atoms with E-state index in [1.165, 1.54) is 29.2 Å². The molecule has 0 unspecified atom stereocenters. The zero-order valence-electron chi connectivity index (χ0n) is 34.7. The molecule has 18 heteroatoms. The van der Waals surface area contributed by atoms with Gasteiger partial charge < -0.3 is 14.5 Å². The number of urea groups is 1. The molecular weight excluding hydrogens is 822 g/mol. The molecule has 5 heterocycles. The summed E-state index contributed by atoms with van der Waals surface area (Å²) in [5.74, 6) is -3.19. The molecule has 324 valence electrons. The quantitative estimate of drug-likeness (QED) is 0.119. The summed E-state index contributed by atoms with van der Waals surface area (Å²) in [5.41, 5.74) is 1.00. The number of nitrogens with zero attached hydrogens (tertiary/aromatic N) is 8. The Kier molecular flexibility index (Phi) is 9.90. The first-order chi connectivity index (χ1) is 29.7. The number of aromatic nitrogens is 4. The fourth-order valence-electron chi connectivity index (χ4n) is 10.5. The number of hydrogen-bond acceptors (Lipinski definition) is 11. The summed E-state index contributed by atoms with van der Waals surface area (Å²) >= 11 is 1.13. The van der Waals surface area contributed by atoms with E-state index < -0.39 is 29.0 Å². The van der Waals surface area contributed by atoms with Crippen molar-refractivity contribution in [1.82, 2.24) is 33.9 Å². The number of hydrogen-bond donors (Lipinski definition) is 2. The van der Waals surface area contributed by atoms with E-state index >= 15 is 8.78 Å². The Morgan fingerprint density at radius 1 is 0.935 bits per heavy atom. The Morgan fingerprint density at radius 3 is 2.40 bits per heavy atom. The van der Waals surface area contributed by atoms with Crippen LogP contribution in [0.5, 0.6) is 0 Å². The number of piperidine rings is 1. The second kappa shape index (κ2) is 15.1. The van der Waals surface area contributed by atoms with Crippen LogP contribution in [0.1, 0.15) is 73.8 Å². The number of carbonyl (C=O) groups is 3. The molecule has 0 atom stereocenters. The highest BCUT2D eigenvalue weighted by atomic mass is 32.2. The number of carbonyl (C=O) groups excluding carboxylic acids is 3. The monoisotopic (exact) mass is 868 g/mol. The van der Waals surface area contributed by atoms with Gasteiger partial charge in [-0.2, -0.15) is 5.10 Å². The maximum Gasteiger partial charge on any atom is 0.329 e. The lowest BCUT2D eigenvalue weighted by Gasteiger charge is -2.63. The van der Waals surface area contributed by atoms with Crippen molar-refractivity contribution < 1.29 is 27.6 Å². The van der Waals surface area contributed by atoms with Crippen LogP contribution in [0.3, 0.4) is 0 Å². The molecule has 0 radical (unpaired) electrons. The second-order valence-electron chi connectivity index (χ2n) is 18.0. The van der Waals surface area contributed by atoms with Crippen molar-refractivity contribution in [2.45, 2.75) is 64.0 Å². The highest BCUT2D eigenvalue weighted by Crippen LogP contribution is 2.57. The highest BCUT2D eigenvalue weighted by Gasteiger charge is 2.56. The van der Waals surface area contributed by atoms with E-state index in [1.807, 2.05) is 24.3 Å². The fraction of sp³-hybridized carbons (Fsp3) is 0.455. The van der Waals surface area contributed by atoms with Crippen LogP contribution in [0.15, 0.2) is 53.6 Å². The van der Waals surface area contributed by atoms with Gasteiger partial charge >= 0.3 is 6.03 Å². The summed E-state index contributed by atoms with van der Waals surface area (Å²) in [4.78, 5) is 62.2. The van der Waals surface area contributed by atoms with Crippen LogP contribution >= 0.6 is 12.1 Å². The predicted octanol–water partition coefficient (Wildman–Crippen LogP) is 6.39. The Hall–Kier alpha value is -5.46. The van der Waals surface area contributed by atoms with Gasteiger partial charge in [0.05, 0.1) is 39.7 Å². The standard InChI is InChI=1S/C44H47F3N10O4S/c1-4-52(2)62-51-33-8-6-30(45)37(38(33)47)39(59)25-5-7-32-28(15-25)41(60)57(24-48-32)27-20-43(21-27)10-13-54(14-11-43)26-18-44(19-26)22-55(23-44)35-17-34-29(16-31(35)46)40(50-53(34)3)56-12-9-36(58)49-42(56)61/h5-8,15-17,24,26-27,51H,4,9-14,18-23H2,1-3H3,(H,49,58,61). The van der Waals surface area contributed by atoms with Crippen molar-refractivity contribution in [3.63, 3.8) is 0 Å². The summed E-state index contributed by atoms with van der Waals surface area (Å²) in [6.45, 7) is 6.34. The first-order valence-corrected chi connectivity index (χ1v) is 22.0. The van der Waals surface area contributed by atoms with E-state index in [4.69, 9.17) is 0 Å². The molecular formula is C44H47F3N10O4S. The van der Waals surface area contributed by atoms with Crippen LogP contribution in [-0.4, -0.2) is 98.6 Å². The Bertz CT molecular complexity index is 2730. The molecule has 14 nitrogen and oxygen atoms in total. The molecule has 2 saturated carbocycles. The van der Waals surface area contributed by atoms with Crippen LogP contribution in [0.25, 0.3) is 21.8 Å². The van der Waals surface area contributed by atoms with Crippen molar-refractivity contribution in [1.29, 1.82) is 0 Å². The van der Waals surface area contributed by atoms with Gasteiger partial charge in [0.2, 0.25) is 5.91 Å². The first-order valence-electron chi connectivity index (χ1n) is 21.2. The SMILES string of the molecule is CCN(C)SNc1ccc(F)c(C(=O)c2ccc3ncn(C4CC5(CCN(C6CC7(C6)CN(c6cc8c(cc6F)c(N6CCC(=O)NC6=O)nn8C)C7)CC5)C4)c(=O)c3c2)c1F. The fourth-order valence-corrected chi connectivity index (χ4v) is 11.0. The Balaban J connectivity index is 0.743.